The van der Waals surface area contributed by atoms with Crippen LogP contribution in [-0.4, -0.2) is 68.1 Å². The van der Waals surface area contributed by atoms with E-state index in [-0.39, 0.29) is 17.4 Å². The van der Waals surface area contributed by atoms with Crippen molar-refractivity contribution in [2.24, 2.45) is 0 Å². The summed E-state index contributed by atoms with van der Waals surface area (Å²) in [4.78, 5) is 43.1. The van der Waals surface area contributed by atoms with Crippen LogP contribution in [0.5, 0.6) is 5.75 Å². The van der Waals surface area contributed by atoms with Gasteiger partial charge in [-0.15, -0.1) is 0 Å². The van der Waals surface area contributed by atoms with Gasteiger partial charge in [-0.3, -0.25) is 9.59 Å². The van der Waals surface area contributed by atoms with Crippen molar-refractivity contribution < 1.29 is 28.6 Å². The molecule has 2 aromatic rings. The molecule has 0 unspecified atom stereocenters. The van der Waals surface area contributed by atoms with Gasteiger partial charge in [0, 0.05) is 37.1 Å². The Morgan fingerprint density at radius 1 is 1.06 bits per heavy atom. The zero-order valence-electron chi connectivity index (χ0n) is 18.9. The fourth-order valence-corrected chi connectivity index (χ4v) is 3.53. The summed E-state index contributed by atoms with van der Waals surface area (Å²) in [6, 6.07) is 6.00. The van der Waals surface area contributed by atoms with Crippen molar-refractivity contribution >= 4 is 17.7 Å². The van der Waals surface area contributed by atoms with Gasteiger partial charge in [-0.05, 0) is 57.0 Å². The van der Waals surface area contributed by atoms with Gasteiger partial charge in [-0.25, -0.2) is 4.79 Å². The van der Waals surface area contributed by atoms with Crippen LogP contribution in [0.15, 0.2) is 24.3 Å². The number of nitrogens with one attached hydrogen (secondary N) is 1. The average Bonchev–Trinajstić information content (AvgIpc) is 3.08. The maximum absolute atomic E-state index is 13.4. The van der Waals surface area contributed by atoms with Crippen LogP contribution in [0, 0.1) is 13.8 Å². The molecule has 0 saturated carbocycles. The molecule has 1 aromatic carbocycles. The Morgan fingerprint density at radius 2 is 1.71 bits per heavy atom. The predicted molar refractivity (Wildman–Crippen MR) is 116 cm³/mol. The largest absolute Gasteiger partial charge is 0.497 e. The second-order valence-electron chi connectivity index (χ2n) is 7.23. The zero-order valence-corrected chi connectivity index (χ0v) is 18.9. The summed E-state index contributed by atoms with van der Waals surface area (Å²) in [6.45, 7) is 5.91. The minimum atomic E-state index is -0.745. The standard InChI is InChI=1S/C23H30N2O6/c1-14-19(15(2)24-20(14)23(28)31-6)21(26)16(3)25(12-7-13-29-4)22(27)17-8-10-18(30-5)11-9-17/h8-11,16,24H,7,12-13H2,1-6H3/t16-/m0/s1. The molecule has 168 valence electrons. The number of esters is 1. The summed E-state index contributed by atoms with van der Waals surface area (Å²) in [5.41, 5.74) is 2.16. The third-order valence-electron chi connectivity index (χ3n) is 5.27. The fraction of sp³-hybridized carbons (Fsp3) is 0.435. The van der Waals surface area contributed by atoms with E-state index in [9.17, 15) is 14.4 Å². The molecule has 0 saturated heterocycles. The number of hydrogen-bond acceptors (Lipinski definition) is 6. The first-order chi connectivity index (χ1) is 14.8. The van der Waals surface area contributed by atoms with Crippen LogP contribution in [0.2, 0.25) is 0 Å². The molecule has 2 rings (SSSR count). The van der Waals surface area contributed by atoms with Crippen LogP contribution < -0.4 is 4.74 Å². The third kappa shape index (κ3) is 5.32. The van der Waals surface area contributed by atoms with E-state index in [0.29, 0.717) is 47.7 Å². The van der Waals surface area contributed by atoms with Crippen LogP contribution in [0.4, 0.5) is 0 Å². The molecule has 0 radical (unpaired) electrons. The predicted octanol–water partition coefficient (Wildman–Crippen LogP) is 3.18. The first-order valence-electron chi connectivity index (χ1n) is 10.0. The molecule has 1 amide bonds. The van der Waals surface area contributed by atoms with Crippen molar-refractivity contribution in [3.63, 3.8) is 0 Å². The molecule has 0 aliphatic carbocycles. The van der Waals surface area contributed by atoms with E-state index >= 15 is 0 Å². The Kier molecular flexibility index (Phi) is 8.38. The van der Waals surface area contributed by atoms with Crippen molar-refractivity contribution in [1.82, 2.24) is 9.88 Å². The van der Waals surface area contributed by atoms with Crippen LogP contribution in [-0.2, 0) is 9.47 Å². The van der Waals surface area contributed by atoms with Gasteiger partial charge in [0.15, 0.2) is 5.78 Å². The number of aromatic nitrogens is 1. The first-order valence-corrected chi connectivity index (χ1v) is 10.0. The summed E-state index contributed by atoms with van der Waals surface area (Å²) in [6.07, 6.45) is 0.578. The molecule has 0 fully saturated rings. The van der Waals surface area contributed by atoms with Crippen LogP contribution >= 0.6 is 0 Å². The molecule has 1 atom stereocenters. The number of aromatic amines is 1. The molecule has 0 spiro atoms. The van der Waals surface area contributed by atoms with E-state index in [1.165, 1.54) is 12.0 Å². The normalized spacial score (nSPS) is 11.7. The highest BCUT2D eigenvalue weighted by molar-refractivity contribution is 6.07. The molecule has 0 bridgehead atoms. The number of carbonyl (C=O) groups excluding carboxylic acids is 3. The first kappa shape index (κ1) is 24.1. The van der Waals surface area contributed by atoms with E-state index in [2.05, 4.69) is 4.98 Å². The highest BCUT2D eigenvalue weighted by atomic mass is 16.5. The number of benzene rings is 1. The smallest absolute Gasteiger partial charge is 0.354 e. The molecule has 0 aliphatic heterocycles. The minimum absolute atomic E-state index is 0.239. The third-order valence-corrected chi connectivity index (χ3v) is 5.27. The van der Waals surface area contributed by atoms with Gasteiger partial charge in [0.05, 0.1) is 20.3 Å². The molecule has 0 aliphatic rings. The second-order valence-corrected chi connectivity index (χ2v) is 7.23. The second kappa shape index (κ2) is 10.8. The van der Waals surface area contributed by atoms with Crippen molar-refractivity contribution in [2.75, 3.05) is 34.5 Å². The number of H-pyrrole nitrogens is 1. The van der Waals surface area contributed by atoms with Crippen LogP contribution in [0.3, 0.4) is 0 Å². The number of carbonyl (C=O) groups is 3. The molecule has 1 N–H and O–H groups in total. The topological polar surface area (TPSA) is 97.9 Å². The van der Waals surface area contributed by atoms with E-state index < -0.39 is 12.0 Å². The van der Waals surface area contributed by atoms with Gasteiger partial charge in [-0.2, -0.15) is 0 Å². The Balaban J connectivity index is 2.37. The van der Waals surface area contributed by atoms with Crippen LogP contribution in [0.1, 0.15) is 55.8 Å². The van der Waals surface area contributed by atoms with Crippen molar-refractivity contribution in [1.29, 1.82) is 0 Å². The van der Waals surface area contributed by atoms with E-state index in [4.69, 9.17) is 14.2 Å². The lowest BCUT2D eigenvalue weighted by molar-refractivity contribution is 0.0591. The maximum atomic E-state index is 13.4. The monoisotopic (exact) mass is 430 g/mol. The molecule has 1 heterocycles. The number of Topliss-reactive ketones (excluding diaryl/α,β-unsaturated/α-hetero) is 1. The lowest BCUT2D eigenvalue weighted by Crippen LogP contribution is -2.44. The number of amides is 1. The van der Waals surface area contributed by atoms with E-state index in [1.807, 2.05) is 0 Å². The summed E-state index contributed by atoms with van der Waals surface area (Å²) in [7, 11) is 4.43. The number of methoxy groups -OCH3 is 3. The number of rotatable bonds is 10. The highest BCUT2D eigenvalue weighted by Crippen LogP contribution is 2.23. The van der Waals surface area contributed by atoms with Gasteiger partial charge >= 0.3 is 5.97 Å². The quantitative estimate of drug-likeness (QED) is 0.353. The number of nitrogens with zero attached hydrogens (tertiary/aromatic N) is 1. The molecule has 8 nitrogen and oxygen atoms in total. The summed E-state index contributed by atoms with van der Waals surface area (Å²) >= 11 is 0. The Bertz CT molecular complexity index is 932. The van der Waals surface area contributed by atoms with Gasteiger partial charge in [0.25, 0.3) is 5.91 Å². The van der Waals surface area contributed by atoms with E-state index in [1.54, 1.807) is 59.3 Å². The highest BCUT2D eigenvalue weighted by Gasteiger charge is 2.31. The van der Waals surface area contributed by atoms with Gasteiger partial charge in [-0.1, -0.05) is 0 Å². The molecular formula is C23H30N2O6. The summed E-state index contributed by atoms with van der Waals surface area (Å²) in [5.74, 6) is -0.418. The SMILES string of the molecule is COCCCN(C(=O)c1ccc(OC)cc1)[C@@H](C)C(=O)c1c(C)[nH]c(C(=O)OC)c1C. The number of hydrogen-bond donors (Lipinski definition) is 1. The maximum Gasteiger partial charge on any atom is 0.354 e. The van der Waals surface area contributed by atoms with Crippen molar-refractivity contribution in [3.05, 3.63) is 52.3 Å². The lowest BCUT2D eigenvalue weighted by atomic mass is 9.99. The number of ketones is 1. The minimum Gasteiger partial charge on any atom is -0.497 e. The fourth-order valence-electron chi connectivity index (χ4n) is 3.53. The Morgan fingerprint density at radius 3 is 2.26 bits per heavy atom. The van der Waals surface area contributed by atoms with Gasteiger partial charge in [0.1, 0.15) is 11.4 Å². The summed E-state index contributed by atoms with van der Waals surface area (Å²) < 4.78 is 15.1. The van der Waals surface area contributed by atoms with Crippen molar-refractivity contribution in [3.8, 4) is 5.75 Å². The van der Waals surface area contributed by atoms with Crippen molar-refractivity contribution in [2.45, 2.75) is 33.2 Å². The van der Waals surface area contributed by atoms with Gasteiger partial charge in [0.2, 0.25) is 0 Å². The molecule has 1 aromatic heterocycles. The Labute approximate surface area is 182 Å². The molecule has 8 heteroatoms. The van der Waals surface area contributed by atoms with Crippen LogP contribution in [0.25, 0.3) is 0 Å². The molecule has 31 heavy (non-hydrogen) atoms. The lowest BCUT2D eigenvalue weighted by Gasteiger charge is -2.29. The van der Waals surface area contributed by atoms with E-state index in [0.717, 1.165) is 0 Å². The van der Waals surface area contributed by atoms with Gasteiger partial charge < -0.3 is 24.1 Å². The Hall–Kier alpha value is -3.13. The zero-order chi connectivity index (χ0) is 23.1. The number of aryl methyl sites for hydroxylation is 1. The average molecular weight is 431 g/mol. The number of ether oxygens (including phenoxy) is 3. The summed E-state index contributed by atoms with van der Waals surface area (Å²) in [5, 5.41) is 0. The molecular weight excluding hydrogens is 400 g/mol.